The predicted molar refractivity (Wildman–Crippen MR) is 85.1 cm³/mol. The van der Waals surface area contributed by atoms with Crippen molar-refractivity contribution in [1.82, 2.24) is 4.90 Å². The third-order valence-electron chi connectivity index (χ3n) is 4.99. The van der Waals surface area contributed by atoms with Gasteiger partial charge >= 0.3 is 0 Å². The van der Waals surface area contributed by atoms with E-state index >= 15 is 0 Å². The van der Waals surface area contributed by atoms with Gasteiger partial charge < -0.3 is 10.6 Å². The summed E-state index contributed by atoms with van der Waals surface area (Å²) in [6, 6.07) is 8.23. The summed E-state index contributed by atoms with van der Waals surface area (Å²) < 4.78 is 0. The number of hydrogen-bond acceptors (Lipinski definition) is 2. The number of likely N-dealkylation sites (tertiary alicyclic amines) is 1. The first kappa shape index (κ1) is 14.9. The van der Waals surface area contributed by atoms with Gasteiger partial charge in [0.25, 0.3) is 0 Å². The summed E-state index contributed by atoms with van der Waals surface area (Å²) in [5.74, 6) is 0.616. The molecule has 3 nitrogen and oxygen atoms in total. The maximum Gasteiger partial charge on any atom is 0.223 e. The molecule has 0 aromatic heterocycles. The van der Waals surface area contributed by atoms with E-state index in [1.165, 1.54) is 0 Å². The van der Waals surface area contributed by atoms with Crippen molar-refractivity contribution in [3.63, 3.8) is 0 Å². The molecule has 21 heavy (non-hydrogen) atoms. The third kappa shape index (κ3) is 3.09. The SMILES string of the molecule is N[C@@H]1CCC[C@H]1CC(=O)N1CCCC1c1ccccc1Cl. The summed E-state index contributed by atoms with van der Waals surface area (Å²) in [5, 5.41) is 0.764. The van der Waals surface area contributed by atoms with Gasteiger partial charge in [0.15, 0.2) is 0 Å². The van der Waals surface area contributed by atoms with E-state index in [9.17, 15) is 4.79 Å². The topological polar surface area (TPSA) is 46.3 Å². The molecule has 2 aliphatic rings. The average Bonchev–Trinajstić information content (AvgIpc) is 3.09. The number of rotatable bonds is 3. The Morgan fingerprint density at radius 3 is 2.76 bits per heavy atom. The molecule has 0 spiro atoms. The molecule has 4 heteroatoms. The molecule has 114 valence electrons. The maximum atomic E-state index is 12.7. The van der Waals surface area contributed by atoms with Gasteiger partial charge in [0.1, 0.15) is 0 Å². The fraction of sp³-hybridized carbons (Fsp3) is 0.588. The molecule has 1 aromatic carbocycles. The molecule has 3 rings (SSSR count). The van der Waals surface area contributed by atoms with Crippen LogP contribution in [0.2, 0.25) is 5.02 Å². The van der Waals surface area contributed by atoms with Crippen LogP contribution < -0.4 is 5.73 Å². The van der Waals surface area contributed by atoms with Crippen LogP contribution in [-0.2, 0) is 4.79 Å². The van der Waals surface area contributed by atoms with E-state index in [4.69, 9.17) is 17.3 Å². The van der Waals surface area contributed by atoms with E-state index in [1.54, 1.807) is 0 Å². The molecule has 1 unspecified atom stereocenters. The molecule has 1 aliphatic carbocycles. The van der Waals surface area contributed by atoms with Crippen LogP contribution in [0.15, 0.2) is 24.3 Å². The molecule has 1 heterocycles. The van der Waals surface area contributed by atoms with Crippen molar-refractivity contribution in [2.45, 2.75) is 50.6 Å². The lowest BCUT2D eigenvalue weighted by molar-refractivity contribution is -0.133. The summed E-state index contributed by atoms with van der Waals surface area (Å²) >= 11 is 6.31. The first-order valence-corrected chi connectivity index (χ1v) is 8.34. The third-order valence-corrected chi connectivity index (χ3v) is 5.34. The van der Waals surface area contributed by atoms with Crippen molar-refractivity contribution in [3.8, 4) is 0 Å². The highest BCUT2D eigenvalue weighted by molar-refractivity contribution is 6.31. The first-order chi connectivity index (χ1) is 10.2. The van der Waals surface area contributed by atoms with Gasteiger partial charge in [0, 0.05) is 24.0 Å². The van der Waals surface area contributed by atoms with Crippen molar-refractivity contribution in [1.29, 1.82) is 0 Å². The van der Waals surface area contributed by atoms with Crippen molar-refractivity contribution in [3.05, 3.63) is 34.9 Å². The number of nitrogens with two attached hydrogens (primary N) is 1. The van der Waals surface area contributed by atoms with Crippen LogP contribution in [-0.4, -0.2) is 23.4 Å². The quantitative estimate of drug-likeness (QED) is 0.928. The highest BCUT2D eigenvalue weighted by atomic mass is 35.5. The van der Waals surface area contributed by atoms with Gasteiger partial charge in [0.2, 0.25) is 5.91 Å². The summed E-state index contributed by atoms with van der Waals surface area (Å²) in [6.07, 6.45) is 5.98. The van der Waals surface area contributed by atoms with Gasteiger partial charge in [-0.05, 0) is 43.2 Å². The number of carbonyl (C=O) groups excluding carboxylic acids is 1. The summed E-state index contributed by atoms with van der Waals surface area (Å²) in [7, 11) is 0. The van der Waals surface area contributed by atoms with Gasteiger partial charge in [-0.25, -0.2) is 0 Å². The second-order valence-electron chi connectivity index (χ2n) is 6.33. The van der Waals surface area contributed by atoms with Gasteiger partial charge in [-0.1, -0.05) is 36.2 Å². The molecular weight excluding hydrogens is 284 g/mol. The van der Waals surface area contributed by atoms with Crippen molar-refractivity contribution in [2.24, 2.45) is 11.7 Å². The molecule has 1 aromatic rings. The van der Waals surface area contributed by atoms with Gasteiger partial charge in [-0.2, -0.15) is 0 Å². The van der Waals surface area contributed by atoms with Gasteiger partial charge in [-0.3, -0.25) is 4.79 Å². The summed E-state index contributed by atoms with van der Waals surface area (Å²) in [4.78, 5) is 14.7. The van der Waals surface area contributed by atoms with Crippen LogP contribution in [0.5, 0.6) is 0 Å². The van der Waals surface area contributed by atoms with E-state index < -0.39 is 0 Å². The van der Waals surface area contributed by atoms with Crippen LogP contribution in [0.3, 0.4) is 0 Å². The largest absolute Gasteiger partial charge is 0.336 e. The van der Waals surface area contributed by atoms with E-state index in [0.717, 1.165) is 49.2 Å². The molecule has 1 amide bonds. The Bertz CT molecular complexity index is 519. The highest BCUT2D eigenvalue weighted by Crippen LogP contribution is 2.37. The number of benzene rings is 1. The molecule has 3 atom stereocenters. The average molecular weight is 307 g/mol. The smallest absolute Gasteiger partial charge is 0.223 e. The van der Waals surface area contributed by atoms with E-state index in [2.05, 4.69) is 0 Å². The fourth-order valence-electron chi connectivity index (χ4n) is 3.79. The predicted octanol–water partition coefficient (Wildman–Crippen LogP) is 3.52. The molecule has 2 N–H and O–H groups in total. The number of carbonyl (C=O) groups is 1. The lowest BCUT2D eigenvalue weighted by Gasteiger charge is -2.27. The minimum absolute atomic E-state index is 0.142. The zero-order valence-electron chi connectivity index (χ0n) is 12.3. The number of halogens is 1. The zero-order valence-corrected chi connectivity index (χ0v) is 13.1. The molecule has 2 fully saturated rings. The Kier molecular flexibility index (Phi) is 4.51. The maximum absolute atomic E-state index is 12.7. The van der Waals surface area contributed by atoms with Gasteiger partial charge in [-0.15, -0.1) is 0 Å². The van der Waals surface area contributed by atoms with E-state index in [1.807, 2.05) is 29.2 Å². The number of hydrogen-bond donors (Lipinski definition) is 1. The molecule has 0 bridgehead atoms. The second kappa shape index (κ2) is 6.37. The minimum Gasteiger partial charge on any atom is -0.336 e. The Morgan fingerprint density at radius 2 is 2.05 bits per heavy atom. The molecule has 0 radical (unpaired) electrons. The second-order valence-corrected chi connectivity index (χ2v) is 6.73. The monoisotopic (exact) mass is 306 g/mol. The Labute approximate surface area is 131 Å². The molecular formula is C17H23ClN2O. The Balaban J connectivity index is 1.72. The molecule has 1 saturated heterocycles. The fourth-order valence-corrected chi connectivity index (χ4v) is 4.06. The van der Waals surface area contributed by atoms with Crippen LogP contribution in [0, 0.1) is 5.92 Å². The normalized spacial score (nSPS) is 29.0. The van der Waals surface area contributed by atoms with Crippen molar-refractivity contribution >= 4 is 17.5 Å². The van der Waals surface area contributed by atoms with Crippen LogP contribution in [0.4, 0.5) is 0 Å². The minimum atomic E-state index is 0.142. The zero-order chi connectivity index (χ0) is 14.8. The van der Waals surface area contributed by atoms with Crippen molar-refractivity contribution in [2.75, 3.05) is 6.54 Å². The highest BCUT2D eigenvalue weighted by Gasteiger charge is 2.34. The van der Waals surface area contributed by atoms with Crippen LogP contribution >= 0.6 is 11.6 Å². The molecule has 1 saturated carbocycles. The lowest BCUT2D eigenvalue weighted by Crippen LogP contribution is -2.35. The van der Waals surface area contributed by atoms with Gasteiger partial charge in [0.05, 0.1) is 6.04 Å². The Hall–Kier alpha value is -1.06. The Morgan fingerprint density at radius 1 is 1.24 bits per heavy atom. The number of amides is 1. The molecule has 1 aliphatic heterocycles. The van der Waals surface area contributed by atoms with Crippen LogP contribution in [0.1, 0.15) is 50.1 Å². The first-order valence-electron chi connectivity index (χ1n) is 7.96. The summed E-state index contributed by atoms with van der Waals surface area (Å²) in [5.41, 5.74) is 7.19. The van der Waals surface area contributed by atoms with Crippen molar-refractivity contribution < 1.29 is 4.79 Å². The van der Waals surface area contributed by atoms with E-state index in [-0.39, 0.29) is 18.0 Å². The summed E-state index contributed by atoms with van der Waals surface area (Å²) in [6.45, 7) is 0.844. The standard InChI is InChI=1S/C17H23ClN2O/c18-14-7-2-1-6-13(14)16-9-4-10-20(16)17(21)11-12-5-3-8-15(12)19/h1-2,6-7,12,15-16H,3-5,8-11,19H2/t12-,15+,16?/m0/s1. The van der Waals surface area contributed by atoms with Crippen LogP contribution in [0.25, 0.3) is 0 Å². The van der Waals surface area contributed by atoms with E-state index in [0.29, 0.717) is 12.3 Å². The number of nitrogens with zero attached hydrogens (tertiary/aromatic N) is 1. The lowest BCUT2D eigenvalue weighted by atomic mass is 9.98.